The molecule has 1 fully saturated rings. The van der Waals surface area contributed by atoms with Crippen LogP contribution < -0.4 is 0 Å². The van der Waals surface area contributed by atoms with Crippen molar-refractivity contribution in [1.29, 1.82) is 0 Å². The standard InChI is InChI=1S/C20H22N4O/c1-14-7-8-19-18(13-14)21-22-24(19)16-9-11-23(12-10-16)20(25)17-6-4-3-5-15(17)2/h3-8,13,16H,9-12H2,1-2H3. The van der Waals surface area contributed by atoms with Gasteiger partial charge < -0.3 is 4.90 Å². The summed E-state index contributed by atoms with van der Waals surface area (Å²) in [6.07, 6.45) is 1.81. The number of carbonyl (C=O) groups is 1. The van der Waals surface area contributed by atoms with Crippen molar-refractivity contribution in [1.82, 2.24) is 19.9 Å². The number of piperidine rings is 1. The lowest BCUT2D eigenvalue weighted by molar-refractivity contribution is 0.0690. The van der Waals surface area contributed by atoms with Crippen LogP contribution >= 0.6 is 0 Å². The summed E-state index contributed by atoms with van der Waals surface area (Å²) in [7, 11) is 0. The quantitative estimate of drug-likeness (QED) is 0.720. The van der Waals surface area contributed by atoms with Gasteiger partial charge in [0.1, 0.15) is 5.52 Å². The van der Waals surface area contributed by atoms with E-state index in [-0.39, 0.29) is 5.91 Å². The average molecular weight is 334 g/mol. The topological polar surface area (TPSA) is 51.0 Å². The van der Waals surface area contributed by atoms with Gasteiger partial charge in [-0.15, -0.1) is 5.10 Å². The van der Waals surface area contributed by atoms with Gasteiger partial charge in [-0.2, -0.15) is 0 Å². The van der Waals surface area contributed by atoms with E-state index in [1.807, 2.05) is 40.8 Å². The Hall–Kier alpha value is -2.69. The number of rotatable bonds is 2. The molecule has 2 heterocycles. The molecule has 5 nitrogen and oxygen atoms in total. The molecule has 0 radical (unpaired) electrons. The molecular weight excluding hydrogens is 312 g/mol. The van der Waals surface area contributed by atoms with Crippen molar-refractivity contribution in [2.75, 3.05) is 13.1 Å². The van der Waals surface area contributed by atoms with E-state index >= 15 is 0 Å². The lowest BCUT2D eigenvalue weighted by Crippen LogP contribution is -2.39. The maximum atomic E-state index is 12.8. The van der Waals surface area contributed by atoms with Crippen molar-refractivity contribution in [2.45, 2.75) is 32.7 Å². The van der Waals surface area contributed by atoms with Crippen molar-refractivity contribution in [3.63, 3.8) is 0 Å². The predicted octanol–water partition coefficient (Wildman–Crippen LogP) is 3.53. The highest BCUT2D eigenvalue weighted by Gasteiger charge is 2.26. The van der Waals surface area contributed by atoms with Crippen LogP contribution in [-0.2, 0) is 0 Å². The second-order valence-electron chi connectivity index (χ2n) is 6.86. The predicted molar refractivity (Wildman–Crippen MR) is 97.6 cm³/mol. The first-order valence-electron chi connectivity index (χ1n) is 8.80. The number of likely N-dealkylation sites (tertiary alicyclic amines) is 1. The van der Waals surface area contributed by atoms with Crippen LogP contribution in [0.3, 0.4) is 0 Å². The van der Waals surface area contributed by atoms with E-state index < -0.39 is 0 Å². The molecule has 0 aliphatic carbocycles. The molecule has 3 aromatic rings. The fourth-order valence-corrected chi connectivity index (χ4v) is 3.62. The molecule has 0 bridgehead atoms. The summed E-state index contributed by atoms with van der Waals surface area (Å²) in [4.78, 5) is 14.7. The van der Waals surface area contributed by atoms with Gasteiger partial charge in [0.25, 0.3) is 5.91 Å². The van der Waals surface area contributed by atoms with Crippen molar-refractivity contribution in [3.05, 3.63) is 59.2 Å². The summed E-state index contributed by atoms with van der Waals surface area (Å²) in [6.45, 7) is 5.56. The minimum absolute atomic E-state index is 0.135. The summed E-state index contributed by atoms with van der Waals surface area (Å²) < 4.78 is 2.03. The fraction of sp³-hybridized carbons (Fsp3) is 0.350. The minimum Gasteiger partial charge on any atom is -0.338 e. The summed E-state index contributed by atoms with van der Waals surface area (Å²) in [5.41, 5.74) is 5.06. The van der Waals surface area contributed by atoms with Crippen LogP contribution in [0.4, 0.5) is 0 Å². The first-order chi connectivity index (χ1) is 12.1. The van der Waals surface area contributed by atoms with Gasteiger partial charge in [0.2, 0.25) is 0 Å². The zero-order valence-corrected chi connectivity index (χ0v) is 14.6. The SMILES string of the molecule is Cc1ccc2c(c1)nnn2C1CCN(C(=O)c2ccccc2C)CC1. The molecule has 0 spiro atoms. The molecule has 5 heteroatoms. The van der Waals surface area contributed by atoms with Gasteiger partial charge in [0.15, 0.2) is 0 Å². The van der Waals surface area contributed by atoms with E-state index in [4.69, 9.17) is 0 Å². The van der Waals surface area contributed by atoms with E-state index in [2.05, 4.69) is 35.4 Å². The average Bonchev–Trinajstić information content (AvgIpc) is 3.04. The Morgan fingerprint density at radius 1 is 1.08 bits per heavy atom. The highest BCUT2D eigenvalue weighted by Crippen LogP contribution is 2.26. The van der Waals surface area contributed by atoms with Crippen molar-refractivity contribution < 1.29 is 4.79 Å². The lowest BCUT2D eigenvalue weighted by Gasteiger charge is -2.32. The molecule has 1 amide bonds. The van der Waals surface area contributed by atoms with Crippen LogP contribution in [0.15, 0.2) is 42.5 Å². The van der Waals surface area contributed by atoms with Crippen LogP contribution in [-0.4, -0.2) is 38.9 Å². The Labute approximate surface area is 147 Å². The fourth-order valence-electron chi connectivity index (χ4n) is 3.62. The highest BCUT2D eigenvalue weighted by molar-refractivity contribution is 5.95. The third-order valence-electron chi connectivity index (χ3n) is 5.10. The first-order valence-corrected chi connectivity index (χ1v) is 8.80. The summed E-state index contributed by atoms with van der Waals surface area (Å²) in [5, 5.41) is 8.67. The molecular formula is C20H22N4O. The third-order valence-corrected chi connectivity index (χ3v) is 5.10. The Kier molecular flexibility index (Phi) is 3.99. The number of nitrogens with zero attached hydrogens (tertiary/aromatic N) is 4. The normalized spacial score (nSPS) is 15.7. The Balaban J connectivity index is 1.49. The number of aromatic nitrogens is 3. The maximum Gasteiger partial charge on any atom is 0.254 e. The van der Waals surface area contributed by atoms with Gasteiger partial charge in [-0.3, -0.25) is 4.79 Å². The molecule has 1 aliphatic heterocycles. The molecule has 2 aromatic carbocycles. The molecule has 1 aromatic heterocycles. The Morgan fingerprint density at radius 2 is 1.84 bits per heavy atom. The smallest absolute Gasteiger partial charge is 0.254 e. The second kappa shape index (κ2) is 6.31. The number of benzene rings is 2. The number of amides is 1. The molecule has 0 N–H and O–H groups in total. The zero-order chi connectivity index (χ0) is 17.4. The minimum atomic E-state index is 0.135. The molecule has 25 heavy (non-hydrogen) atoms. The van der Waals surface area contributed by atoms with Gasteiger partial charge >= 0.3 is 0 Å². The molecule has 0 unspecified atom stereocenters. The first kappa shape index (κ1) is 15.8. The van der Waals surface area contributed by atoms with E-state index in [1.165, 1.54) is 5.56 Å². The molecule has 1 saturated heterocycles. The van der Waals surface area contributed by atoms with Crippen LogP contribution in [0.2, 0.25) is 0 Å². The van der Waals surface area contributed by atoms with Gasteiger partial charge in [-0.05, 0) is 56.0 Å². The van der Waals surface area contributed by atoms with Gasteiger partial charge in [0.05, 0.1) is 11.6 Å². The largest absolute Gasteiger partial charge is 0.338 e. The summed E-state index contributed by atoms with van der Waals surface area (Å²) >= 11 is 0. The molecule has 128 valence electrons. The van der Waals surface area contributed by atoms with Gasteiger partial charge in [-0.25, -0.2) is 4.68 Å². The van der Waals surface area contributed by atoms with E-state index in [0.29, 0.717) is 6.04 Å². The van der Waals surface area contributed by atoms with E-state index in [9.17, 15) is 4.79 Å². The monoisotopic (exact) mass is 334 g/mol. The number of carbonyl (C=O) groups excluding carboxylic acids is 1. The van der Waals surface area contributed by atoms with Gasteiger partial charge in [-0.1, -0.05) is 29.5 Å². The van der Waals surface area contributed by atoms with Crippen molar-refractivity contribution in [3.8, 4) is 0 Å². The second-order valence-corrected chi connectivity index (χ2v) is 6.86. The number of hydrogen-bond donors (Lipinski definition) is 0. The number of aryl methyl sites for hydroxylation is 2. The zero-order valence-electron chi connectivity index (χ0n) is 14.6. The molecule has 0 saturated carbocycles. The molecule has 0 atom stereocenters. The van der Waals surface area contributed by atoms with E-state index in [0.717, 1.165) is 48.1 Å². The lowest BCUT2D eigenvalue weighted by atomic mass is 10.0. The van der Waals surface area contributed by atoms with E-state index in [1.54, 1.807) is 0 Å². The van der Waals surface area contributed by atoms with Crippen LogP contribution in [0.5, 0.6) is 0 Å². The third kappa shape index (κ3) is 2.90. The Bertz CT molecular complexity index is 922. The number of fused-ring (bicyclic) bond motifs is 1. The highest BCUT2D eigenvalue weighted by atomic mass is 16.2. The Morgan fingerprint density at radius 3 is 2.60 bits per heavy atom. The van der Waals surface area contributed by atoms with Crippen molar-refractivity contribution >= 4 is 16.9 Å². The molecule has 1 aliphatic rings. The summed E-state index contributed by atoms with van der Waals surface area (Å²) in [6, 6.07) is 14.4. The van der Waals surface area contributed by atoms with Crippen LogP contribution in [0, 0.1) is 13.8 Å². The summed E-state index contributed by atoms with van der Waals surface area (Å²) in [5.74, 6) is 0.135. The maximum absolute atomic E-state index is 12.8. The van der Waals surface area contributed by atoms with Gasteiger partial charge in [0, 0.05) is 18.7 Å². The van der Waals surface area contributed by atoms with Crippen LogP contribution in [0.1, 0.15) is 40.4 Å². The number of hydrogen-bond acceptors (Lipinski definition) is 3. The van der Waals surface area contributed by atoms with Crippen LogP contribution in [0.25, 0.3) is 11.0 Å². The van der Waals surface area contributed by atoms with Crippen molar-refractivity contribution in [2.24, 2.45) is 0 Å². The molecule has 4 rings (SSSR count).